The highest BCUT2D eigenvalue weighted by molar-refractivity contribution is 5.84. The number of hydrogen-bond donors (Lipinski definition) is 3. The van der Waals surface area contributed by atoms with Gasteiger partial charge < -0.3 is 15.4 Å². The summed E-state index contributed by atoms with van der Waals surface area (Å²) < 4.78 is 0. The van der Waals surface area contributed by atoms with Gasteiger partial charge in [0, 0.05) is 23.1 Å². The predicted molar refractivity (Wildman–Crippen MR) is 75.9 cm³/mol. The van der Waals surface area contributed by atoms with E-state index in [1.807, 2.05) is 13.8 Å². The van der Waals surface area contributed by atoms with Crippen molar-refractivity contribution in [2.24, 2.45) is 0 Å². The second-order valence-corrected chi connectivity index (χ2v) is 5.51. The van der Waals surface area contributed by atoms with E-state index in [-0.39, 0.29) is 0 Å². The maximum atomic E-state index is 9.63. The molecule has 3 nitrogen and oxygen atoms in total. The number of aromatic amines is 1. The van der Waals surface area contributed by atoms with Crippen molar-refractivity contribution in [1.82, 2.24) is 10.3 Å². The standard InChI is InChI=1S/C15H22N2O/c1-11-12(8-9-16-10-15(2,3)18)13-6-4-5-7-14(13)17-11/h4-7,16-18H,8-10H2,1-3H3. The van der Waals surface area contributed by atoms with Crippen molar-refractivity contribution in [3.8, 4) is 0 Å². The van der Waals surface area contributed by atoms with Gasteiger partial charge in [-0.15, -0.1) is 0 Å². The summed E-state index contributed by atoms with van der Waals surface area (Å²) in [5.41, 5.74) is 3.16. The minimum absolute atomic E-state index is 0.619. The summed E-state index contributed by atoms with van der Waals surface area (Å²) in [7, 11) is 0. The first kappa shape index (κ1) is 13.1. The molecule has 0 saturated heterocycles. The number of H-pyrrole nitrogens is 1. The fraction of sp³-hybridized carbons (Fsp3) is 0.467. The van der Waals surface area contributed by atoms with E-state index in [0.29, 0.717) is 6.54 Å². The summed E-state index contributed by atoms with van der Waals surface area (Å²) >= 11 is 0. The number of aryl methyl sites for hydroxylation is 1. The largest absolute Gasteiger partial charge is 0.389 e. The van der Waals surface area contributed by atoms with E-state index < -0.39 is 5.60 Å². The van der Waals surface area contributed by atoms with Gasteiger partial charge in [0.15, 0.2) is 0 Å². The van der Waals surface area contributed by atoms with Crippen molar-refractivity contribution in [3.05, 3.63) is 35.5 Å². The van der Waals surface area contributed by atoms with Crippen LogP contribution in [-0.4, -0.2) is 28.8 Å². The highest BCUT2D eigenvalue weighted by Gasteiger charge is 2.12. The summed E-state index contributed by atoms with van der Waals surface area (Å²) in [6, 6.07) is 8.39. The molecule has 0 aliphatic heterocycles. The van der Waals surface area contributed by atoms with E-state index in [1.54, 1.807) is 0 Å². The molecule has 0 radical (unpaired) electrons. The van der Waals surface area contributed by atoms with Crippen molar-refractivity contribution in [2.45, 2.75) is 32.8 Å². The molecule has 0 amide bonds. The molecule has 0 aliphatic rings. The zero-order valence-corrected chi connectivity index (χ0v) is 11.4. The summed E-state index contributed by atoms with van der Waals surface area (Å²) in [4.78, 5) is 3.41. The van der Waals surface area contributed by atoms with Crippen LogP contribution >= 0.6 is 0 Å². The van der Waals surface area contributed by atoms with Crippen LogP contribution in [0.1, 0.15) is 25.1 Å². The number of hydrogen-bond acceptors (Lipinski definition) is 2. The molecule has 0 atom stereocenters. The molecule has 0 spiro atoms. The van der Waals surface area contributed by atoms with Gasteiger partial charge in [-0.1, -0.05) is 18.2 Å². The second kappa shape index (κ2) is 5.12. The summed E-state index contributed by atoms with van der Waals surface area (Å²) in [5, 5.41) is 14.2. The molecule has 3 heteroatoms. The molecule has 1 aromatic heterocycles. The number of nitrogens with one attached hydrogen (secondary N) is 2. The van der Waals surface area contributed by atoms with Gasteiger partial charge in [0.2, 0.25) is 0 Å². The lowest BCUT2D eigenvalue weighted by Crippen LogP contribution is -2.35. The minimum atomic E-state index is -0.644. The van der Waals surface area contributed by atoms with Crippen LogP contribution in [0, 0.1) is 6.92 Å². The van der Waals surface area contributed by atoms with E-state index >= 15 is 0 Å². The van der Waals surface area contributed by atoms with Crippen molar-refractivity contribution < 1.29 is 5.11 Å². The van der Waals surface area contributed by atoms with Gasteiger partial charge in [-0.3, -0.25) is 0 Å². The fourth-order valence-electron chi connectivity index (χ4n) is 2.26. The number of fused-ring (bicyclic) bond motifs is 1. The second-order valence-electron chi connectivity index (χ2n) is 5.51. The van der Waals surface area contributed by atoms with Crippen LogP contribution in [-0.2, 0) is 6.42 Å². The van der Waals surface area contributed by atoms with E-state index in [4.69, 9.17) is 0 Å². The first-order valence-corrected chi connectivity index (χ1v) is 6.47. The van der Waals surface area contributed by atoms with E-state index in [1.165, 1.54) is 22.2 Å². The molecule has 2 rings (SSSR count). The van der Waals surface area contributed by atoms with Crippen LogP contribution in [0.15, 0.2) is 24.3 Å². The molecule has 18 heavy (non-hydrogen) atoms. The Bertz CT molecular complexity index is 523. The monoisotopic (exact) mass is 246 g/mol. The molecule has 0 aliphatic carbocycles. The predicted octanol–water partition coefficient (Wildman–Crippen LogP) is 2.38. The summed E-state index contributed by atoms with van der Waals surface area (Å²) in [6.07, 6.45) is 0.978. The third-order valence-electron chi connectivity index (χ3n) is 3.14. The first-order valence-electron chi connectivity index (χ1n) is 6.47. The van der Waals surface area contributed by atoms with Gasteiger partial charge in [-0.25, -0.2) is 0 Å². The topological polar surface area (TPSA) is 48.0 Å². The van der Waals surface area contributed by atoms with E-state index in [2.05, 4.69) is 41.5 Å². The summed E-state index contributed by atoms with van der Waals surface area (Å²) in [5.74, 6) is 0. The molecule has 0 saturated carbocycles. The Morgan fingerprint density at radius 2 is 2.00 bits per heavy atom. The highest BCUT2D eigenvalue weighted by Crippen LogP contribution is 2.21. The molecule has 98 valence electrons. The molecule has 1 heterocycles. The van der Waals surface area contributed by atoms with Crippen LogP contribution in [0.2, 0.25) is 0 Å². The number of rotatable bonds is 5. The van der Waals surface area contributed by atoms with Crippen LogP contribution in [0.25, 0.3) is 10.9 Å². The van der Waals surface area contributed by atoms with Gasteiger partial charge in [0.1, 0.15) is 0 Å². The van der Waals surface area contributed by atoms with Gasteiger partial charge >= 0.3 is 0 Å². The zero-order valence-electron chi connectivity index (χ0n) is 11.4. The highest BCUT2D eigenvalue weighted by atomic mass is 16.3. The SMILES string of the molecule is Cc1[nH]c2ccccc2c1CCNCC(C)(C)O. The van der Waals surface area contributed by atoms with Crippen LogP contribution in [0.5, 0.6) is 0 Å². The smallest absolute Gasteiger partial charge is 0.0715 e. The Hall–Kier alpha value is -1.32. The molecule has 0 bridgehead atoms. The fourth-order valence-corrected chi connectivity index (χ4v) is 2.26. The van der Waals surface area contributed by atoms with Crippen LogP contribution in [0.4, 0.5) is 0 Å². The Morgan fingerprint density at radius 1 is 1.28 bits per heavy atom. The number of aliphatic hydroxyl groups is 1. The normalized spacial score (nSPS) is 12.2. The molecule has 3 N–H and O–H groups in total. The van der Waals surface area contributed by atoms with E-state index in [0.717, 1.165) is 13.0 Å². The molecular formula is C15H22N2O. The quantitative estimate of drug-likeness (QED) is 0.709. The first-order chi connectivity index (χ1) is 8.47. The maximum Gasteiger partial charge on any atom is 0.0715 e. The Labute approximate surface area is 108 Å². The van der Waals surface area contributed by atoms with Crippen molar-refractivity contribution in [1.29, 1.82) is 0 Å². The number of para-hydroxylation sites is 1. The lowest BCUT2D eigenvalue weighted by Gasteiger charge is -2.17. The van der Waals surface area contributed by atoms with Gasteiger partial charge in [0.25, 0.3) is 0 Å². The van der Waals surface area contributed by atoms with Crippen molar-refractivity contribution in [3.63, 3.8) is 0 Å². The third kappa shape index (κ3) is 3.12. The lowest BCUT2D eigenvalue weighted by atomic mass is 10.1. The molecule has 0 fully saturated rings. The van der Waals surface area contributed by atoms with Gasteiger partial charge in [0.05, 0.1) is 5.60 Å². The molecule has 2 aromatic rings. The summed E-state index contributed by atoms with van der Waals surface area (Å²) in [6.45, 7) is 7.25. The van der Waals surface area contributed by atoms with Crippen LogP contribution in [0.3, 0.4) is 0 Å². The Balaban J connectivity index is 2.01. The van der Waals surface area contributed by atoms with E-state index in [9.17, 15) is 5.11 Å². The van der Waals surface area contributed by atoms with Crippen molar-refractivity contribution >= 4 is 10.9 Å². The Morgan fingerprint density at radius 3 is 2.72 bits per heavy atom. The number of benzene rings is 1. The third-order valence-corrected chi connectivity index (χ3v) is 3.14. The van der Waals surface area contributed by atoms with Crippen molar-refractivity contribution in [2.75, 3.05) is 13.1 Å². The average Bonchev–Trinajstić information content (AvgIpc) is 2.59. The average molecular weight is 246 g/mol. The zero-order chi connectivity index (χ0) is 13.2. The van der Waals surface area contributed by atoms with Crippen LogP contribution < -0.4 is 5.32 Å². The maximum absolute atomic E-state index is 9.63. The van der Waals surface area contributed by atoms with Gasteiger partial charge in [-0.05, 0) is 45.4 Å². The minimum Gasteiger partial charge on any atom is -0.389 e. The Kier molecular flexibility index (Phi) is 3.73. The molecular weight excluding hydrogens is 224 g/mol. The number of aromatic nitrogens is 1. The molecule has 1 aromatic carbocycles. The van der Waals surface area contributed by atoms with Gasteiger partial charge in [-0.2, -0.15) is 0 Å². The lowest BCUT2D eigenvalue weighted by molar-refractivity contribution is 0.0801. The molecule has 0 unspecified atom stereocenters.